The molecule has 2 aliphatic rings. The van der Waals surface area contributed by atoms with Gasteiger partial charge >= 0.3 is 6.03 Å². The minimum Gasteiger partial charge on any atom is -0.354 e. The Kier molecular flexibility index (Phi) is 5.28. The molecule has 31 heavy (non-hydrogen) atoms. The molecular weight excluding hydrogens is 392 g/mol. The van der Waals surface area contributed by atoms with Crippen LogP contribution in [0.25, 0.3) is 11.5 Å². The van der Waals surface area contributed by atoms with Gasteiger partial charge in [-0.3, -0.25) is 0 Å². The first kappa shape index (κ1) is 19.5. The number of nitrogens with zero attached hydrogens (tertiary/aromatic N) is 5. The van der Waals surface area contributed by atoms with Gasteiger partial charge in [0.2, 0.25) is 0 Å². The molecule has 0 spiro atoms. The van der Waals surface area contributed by atoms with Gasteiger partial charge in [0.1, 0.15) is 5.82 Å². The first-order chi connectivity index (χ1) is 15.2. The van der Waals surface area contributed by atoms with E-state index in [4.69, 9.17) is 4.52 Å². The first-order valence-corrected chi connectivity index (χ1v) is 10.8. The fourth-order valence-corrected chi connectivity index (χ4v) is 3.91. The molecule has 0 radical (unpaired) electrons. The molecule has 0 atom stereocenters. The number of pyridine rings is 1. The second kappa shape index (κ2) is 8.37. The summed E-state index contributed by atoms with van der Waals surface area (Å²) in [5.41, 5.74) is 2.75. The normalized spacial score (nSPS) is 16.8. The monoisotopic (exact) mass is 418 g/mol. The van der Waals surface area contributed by atoms with Crippen LogP contribution in [-0.4, -0.2) is 52.2 Å². The van der Waals surface area contributed by atoms with Gasteiger partial charge in [0, 0.05) is 44.0 Å². The SMILES string of the molecule is Cc1ccccc1NC(=O)N1CCCN(c2ncccc2-c2nc(C3CC3)no2)CC1. The molecule has 1 aliphatic carbocycles. The van der Waals surface area contributed by atoms with E-state index in [2.05, 4.69) is 25.3 Å². The fraction of sp³-hybridized carbons (Fsp3) is 0.391. The predicted octanol–water partition coefficient (Wildman–Crippen LogP) is 4.06. The molecule has 3 aromatic rings. The second-order valence-electron chi connectivity index (χ2n) is 8.18. The second-order valence-corrected chi connectivity index (χ2v) is 8.18. The summed E-state index contributed by atoms with van der Waals surface area (Å²) in [5.74, 6) is 2.58. The number of carbonyl (C=O) groups is 1. The van der Waals surface area contributed by atoms with E-state index in [0.717, 1.165) is 54.3 Å². The number of para-hydroxylation sites is 1. The van der Waals surface area contributed by atoms with Crippen molar-refractivity contribution in [1.29, 1.82) is 0 Å². The molecule has 2 aromatic heterocycles. The molecule has 8 heteroatoms. The molecule has 1 aliphatic heterocycles. The number of nitrogens with one attached hydrogen (secondary N) is 1. The number of hydrogen-bond acceptors (Lipinski definition) is 6. The number of aromatic nitrogens is 3. The Morgan fingerprint density at radius 2 is 1.97 bits per heavy atom. The van der Waals surface area contributed by atoms with Crippen molar-refractivity contribution < 1.29 is 9.32 Å². The Labute approximate surface area is 181 Å². The average Bonchev–Trinajstić information content (AvgIpc) is 3.57. The number of aryl methyl sites for hydroxylation is 1. The van der Waals surface area contributed by atoms with Gasteiger partial charge < -0.3 is 19.6 Å². The van der Waals surface area contributed by atoms with E-state index in [-0.39, 0.29) is 6.03 Å². The van der Waals surface area contributed by atoms with E-state index < -0.39 is 0 Å². The maximum absolute atomic E-state index is 12.8. The summed E-state index contributed by atoms with van der Waals surface area (Å²) in [7, 11) is 0. The lowest BCUT2D eigenvalue weighted by molar-refractivity contribution is 0.215. The number of amides is 2. The van der Waals surface area contributed by atoms with Gasteiger partial charge in [0.05, 0.1) is 5.56 Å². The average molecular weight is 419 g/mol. The first-order valence-electron chi connectivity index (χ1n) is 10.8. The summed E-state index contributed by atoms with van der Waals surface area (Å²) in [5, 5.41) is 7.19. The zero-order valence-electron chi connectivity index (χ0n) is 17.6. The van der Waals surface area contributed by atoms with Crippen molar-refractivity contribution >= 4 is 17.5 Å². The Morgan fingerprint density at radius 1 is 1.10 bits per heavy atom. The highest BCUT2D eigenvalue weighted by molar-refractivity contribution is 5.90. The van der Waals surface area contributed by atoms with Crippen molar-refractivity contribution in [1.82, 2.24) is 20.0 Å². The number of urea groups is 1. The van der Waals surface area contributed by atoms with Crippen molar-refractivity contribution in [3.63, 3.8) is 0 Å². The third-order valence-electron chi connectivity index (χ3n) is 5.87. The molecule has 0 bridgehead atoms. The van der Waals surface area contributed by atoms with E-state index in [0.29, 0.717) is 31.4 Å². The Morgan fingerprint density at radius 3 is 2.81 bits per heavy atom. The van der Waals surface area contributed by atoms with E-state index >= 15 is 0 Å². The molecule has 1 aromatic carbocycles. The molecule has 3 heterocycles. The summed E-state index contributed by atoms with van der Waals surface area (Å²) < 4.78 is 5.55. The zero-order chi connectivity index (χ0) is 21.2. The Balaban J connectivity index is 1.29. The highest BCUT2D eigenvalue weighted by atomic mass is 16.5. The number of anilines is 2. The van der Waals surface area contributed by atoms with Crippen molar-refractivity contribution in [2.45, 2.75) is 32.1 Å². The molecule has 1 saturated heterocycles. The lowest BCUT2D eigenvalue weighted by atomic mass is 10.2. The van der Waals surface area contributed by atoms with Crippen LogP contribution in [0, 0.1) is 6.92 Å². The number of hydrogen-bond donors (Lipinski definition) is 1. The molecule has 160 valence electrons. The van der Waals surface area contributed by atoms with Crippen LogP contribution in [0.1, 0.15) is 36.6 Å². The summed E-state index contributed by atoms with van der Waals surface area (Å²) in [6, 6.07) is 11.6. The molecule has 2 amide bonds. The van der Waals surface area contributed by atoms with E-state index in [1.165, 1.54) is 0 Å². The maximum Gasteiger partial charge on any atom is 0.321 e. The lowest BCUT2D eigenvalue weighted by Crippen LogP contribution is -2.38. The van der Waals surface area contributed by atoms with Gasteiger partial charge in [-0.25, -0.2) is 9.78 Å². The number of rotatable bonds is 4. The van der Waals surface area contributed by atoms with E-state index in [1.807, 2.05) is 48.2 Å². The van der Waals surface area contributed by atoms with Crippen LogP contribution in [0.3, 0.4) is 0 Å². The van der Waals surface area contributed by atoms with Crippen LogP contribution >= 0.6 is 0 Å². The van der Waals surface area contributed by atoms with Crippen LogP contribution in [0.5, 0.6) is 0 Å². The van der Waals surface area contributed by atoms with Crippen molar-refractivity contribution in [3.8, 4) is 11.5 Å². The molecule has 8 nitrogen and oxygen atoms in total. The van der Waals surface area contributed by atoms with E-state index in [9.17, 15) is 4.79 Å². The van der Waals surface area contributed by atoms with Crippen molar-refractivity contribution in [2.75, 3.05) is 36.4 Å². The van der Waals surface area contributed by atoms with Crippen LogP contribution in [0.4, 0.5) is 16.3 Å². The topological polar surface area (TPSA) is 87.4 Å². The molecule has 1 saturated carbocycles. The Bertz CT molecular complexity index is 1080. The number of benzene rings is 1. The van der Waals surface area contributed by atoms with Gasteiger partial charge in [-0.1, -0.05) is 23.4 Å². The van der Waals surface area contributed by atoms with Gasteiger partial charge in [-0.05, 0) is 49.9 Å². The van der Waals surface area contributed by atoms with Crippen LogP contribution < -0.4 is 10.2 Å². The summed E-state index contributed by atoms with van der Waals surface area (Å²) in [6.07, 6.45) is 4.90. The van der Waals surface area contributed by atoms with Crippen LogP contribution in [0.15, 0.2) is 47.1 Å². The quantitative estimate of drug-likeness (QED) is 0.687. The van der Waals surface area contributed by atoms with Gasteiger partial charge in [-0.15, -0.1) is 0 Å². The lowest BCUT2D eigenvalue weighted by Gasteiger charge is -2.24. The zero-order valence-corrected chi connectivity index (χ0v) is 17.6. The predicted molar refractivity (Wildman–Crippen MR) is 118 cm³/mol. The van der Waals surface area contributed by atoms with Gasteiger partial charge in [0.25, 0.3) is 5.89 Å². The molecule has 2 fully saturated rings. The molecular formula is C23H26N6O2. The van der Waals surface area contributed by atoms with Gasteiger partial charge in [0.15, 0.2) is 5.82 Å². The van der Waals surface area contributed by atoms with Crippen LogP contribution in [0.2, 0.25) is 0 Å². The van der Waals surface area contributed by atoms with Crippen molar-refractivity contribution in [2.24, 2.45) is 0 Å². The maximum atomic E-state index is 12.8. The third-order valence-corrected chi connectivity index (χ3v) is 5.87. The smallest absolute Gasteiger partial charge is 0.321 e. The molecule has 0 unspecified atom stereocenters. The van der Waals surface area contributed by atoms with Gasteiger partial charge in [-0.2, -0.15) is 4.98 Å². The summed E-state index contributed by atoms with van der Waals surface area (Å²) in [4.78, 5) is 26.1. The number of carbonyl (C=O) groups excluding carboxylic acids is 1. The van der Waals surface area contributed by atoms with Crippen molar-refractivity contribution in [3.05, 3.63) is 54.0 Å². The van der Waals surface area contributed by atoms with Crippen LogP contribution in [-0.2, 0) is 0 Å². The minimum absolute atomic E-state index is 0.0663. The third kappa shape index (κ3) is 4.23. The molecule has 5 rings (SSSR count). The summed E-state index contributed by atoms with van der Waals surface area (Å²) in [6.45, 7) is 4.80. The standard InChI is InChI=1S/C23H26N6O2/c1-16-6-2-3-8-19(16)25-23(30)29-13-5-12-28(14-15-29)21-18(7-4-11-24-21)22-26-20(27-31-22)17-9-10-17/h2-4,6-8,11,17H,5,9-10,12-15H2,1H3,(H,25,30). The summed E-state index contributed by atoms with van der Waals surface area (Å²) >= 11 is 0. The highest BCUT2D eigenvalue weighted by Crippen LogP contribution is 2.39. The largest absolute Gasteiger partial charge is 0.354 e. The fourth-order valence-electron chi connectivity index (χ4n) is 3.91. The van der Waals surface area contributed by atoms with E-state index in [1.54, 1.807) is 6.20 Å². The minimum atomic E-state index is -0.0663. The Hall–Kier alpha value is -3.42. The molecule has 1 N–H and O–H groups in total. The highest BCUT2D eigenvalue weighted by Gasteiger charge is 2.30.